The van der Waals surface area contributed by atoms with E-state index in [4.69, 9.17) is 14.6 Å². The zero-order chi connectivity index (χ0) is 14.0. The summed E-state index contributed by atoms with van der Waals surface area (Å²) in [7, 11) is 0. The molecule has 0 aliphatic carbocycles. The fourth-order valence-corrected chi connectivity index (χ4v) is 2.11. The second-order valence-corrected chi connectivity index (χ2v) is 4.70. The zero-order valence-electron chi connectivity index (χ0n) is 10.5. The highest BCUT2D eigenvalue weighted by atomic mass is 16.7. The quantitative estimate of drug-likeness (QED) is 0.577. The van der Waals surface area contributed by atoms with E-state index >= 15 is 0 Å². The number of para-hydroxylation sites is 1. The Hall–Kier alpha value is -1.18. The summed E-state index contributed by atoms with van der Waals surface area (Å²) in [5.41, 5.74) is 0. The van der Waals surface area contributed by atoms with Crippen molar-refractivity contribution >= 4 is 0 Å². The molecule has 6 nitrogen and oxygen atoms in total. The number of benzene rings is 1. The van der Waals surface area contributed by atoms with Crippen molar-refractivity contribution in [3.8, 4) is 5.75 Å². The molecular formula is C13H18O6. The third-order valence-corrected chi connectivity index (χ3v) is 3.22. The molecule has 4 N–H and O–H groups in total. The smallest absolute Gasteiger partial charge is 0.236 e. The molecule has 1 aromatic carbocycles. The molecule has 0 saturated carbocycles. The van der Waals surface area contributed by atoms with Crippen LogP contribution in [0.2, 0.25) is 0 Å². The van der Waals surface area contributed by atoms with Crippen LogP contribution in [0.5, 0.6) is 5.75 Å². The molecule has 0 unspecified atom stereocenters. The van der Waals surface area contributed by atoms with Gasteiger partial charge in [0.25, 0.3) is 0 Å². The molecule has 1 fully saturated rings. The van der Waals surface area contributed by atoms with Crippen LogP contribution in [-0.4, -0.2) is 57.2 Å². The minimum Gasteiger partial charge on any atom is -0.460 e. The van der Waals surface area contributed by atoms with Crippen LogP contribution >= 0.6 is 0 Å². The van der Waals surface area contributed by atoms with Crippen LogP contribution in [-0.2, 0) is 4.74 Å². The maximum atomic E-state index is 10.0. The van der Waals surface area contributed by atoms with Crippen molar-refractivity contribution in [3.05, 3.63) is 30.3 Å². The molecule has 2 rings (SSSR count). The van der Waals surface area contributed by atoms with Crippen molar-refractivity contribution < 1.29 is 29.9 Å². The molecule has 6 heteroatoms. The third kappa shape index (κ3) is 2.72. The van der Waals surface area contributed by atoms with Gasteiger partial charge in [-0.15, -0.1) is 0 Å². The van der Waals surface area contributed by atoms with Gasteiger partial charge in [0.2, 0.25) is 5.79 Å². The van der Waals surface area contributed by atoms with Gasteiger partial charge in [-0.05, 0) is 12.1 Å². The molecule has 0 spiro atoms. The molecule has 1 aromatic rings. The Labute approximate surface area is 110 Å². The van der Waals surface area contributed by atoms with Crippen molar-refractivity contribution in [1.29, 1.82) is 0 Å². The van der Waals surface area contributed by atoms with Crippen LogP contribution in [0.15, 0.2) is 30.3 Å². The lowest BCUT2D eigenvalue weighted by Crippen LogP contribution is -2.66. The highest BCUT2D eigenvalue weighted by molar-refractivity contribution is 5.22. The first-order valence-electron chi connectivity index (χ1n) is 6.05. The lowest BCUT2D eigenvalue weighted by molar-refractivity contribution is -0.329. The third-order valence-electron chi connectivity index (χ3n) is 3.22. The molecule has 0 bridgehead atoms. The van der Waals surface area contributed by atoms with Gasteiger partial charge in [-0.2, -0.15) is 0 Å². The number of aliphatic hydroxyl groups is 4. The van der Waals surface area contributed by atoms with E-state index in [1.165, 1.54) is 6.92 Å². The van der Waals surface area contributed by atoms with Crippen molar-refractivity contribution in [2.45, 2.75) is 37.1 Å². The van der Waals surface area contributed by atoms with E-state index in [0.29, 0.717) is 5.75 Å². The summed E-state index contributed by atoms with van der Waals surface area (Å²) in [6.07, 6.45) is -5.29. The first-order chi connectivity index (χ1) is 8.98. The van der Waals surface area contributed by atoms with Gasteiger partial charge in [0.15, 0.2) is 0 Å². The lowest BCUT2D eigenvalue weighted by Gasteiger charge is -2.46. The van der Waals surface area contributed by atoms with Crippen LogP contribution in [0.1, 0.15) is 6.92 Å². The Morgan fingerprint density at radius 3 is 2.37 bits per heavy atom. The maximum absolute atomic E-state index is 10.0. The number of hydrogen-bond acceptors (Lipinski definition) is 6. The fraction of sp³-hybridized carbons (Fsp3) is 0.538. The topological polar surface area (TPSA) is 99.4 Å². The van der Waals surface area contributed by atoms with Gasteiger partial charge in [0, 0.05) is 6.92 Å². The van der Waals surface area contributed by atoms with Gasteiger partial charge in [-0.25, -0.2) is 0 Å². The minimum atomic E-state index is -1.55. The first-order valence-corrected chi connectivity index (χ1v) is 6.05. The monoisotopic (exact) mass is 270 g/mol. The van der Waals surface area contributed by atoms with Crippen molar-refractivity contribution in [2.75, 3.05) is 6.61 Å². The Kier molecular flexibility index (Phi) is 4.07. The van der Waals surface area contributed by atoms with E-state index in [1.54, 1.807) is 24.3 Å². The number of aliphatic hydroxyl groups excluding tert-OH is 4. The van der Waals surface area contributed by atoms with Crippen LogP contribution in [0.25, 0.3) is 0 Å². The van der Waals surface area contributed by atoms with Crippen molar-refractivity contribution in [2.24, 2.45) is 0 Å². The van der Waals surface area contributed by atoms with E-state index in [2.05, 4.69) is 0 Å². The Morgan fingerprint density at radius 1 is 1.16 bits per heavy atom. The molecule has 1 heterocycles. The normalized spacial score (nSPS) is 39.0. The first kappa shape index (κ1) is 14.2. The van der Waals surface area contributed by atoms with Crippen LogP contribution in [0, 0.1) is 0 Å². The average Bonchev–Trinajstić information content (AvgIpc) is 2.42. The van der Waals surface area contributed by atoms with Crippen LogP contribution < -0.4 is 4.74 Å². The summed E-state index contributed by atoms with van der Waals surface area (Å²) in [4.78, 5) is 0. The van der Waals surface area contributed by atoms with E-state index < -0.39 is 36.8 Å². The van der Waals surface area contributed by atoms with Gasteiger partial charge in [-0.1, -0.05) is 18.2 Å². The second kappa shape index (κ2) is 5.44. The highest BCUT2D eigenvalue weighted by Gasteiger charge is 2.52. The van der Waals surface area contributed by atoms with Gasteiger partial charge >= 0.3 is 0 Å². The SMILES string of the molecule is C[C@@]1(Oc2ccccc2)O[C@H](CO)[C@H](O)[C@H](O)[C@H]1O. The molecule has 19 heavy (non-hydrogen) atoms. The molecule has 0 amide bonds. The molecule has 1 saturated heterocycles. The summed E-state index contributed by atoms with van der Waals surface area (Å²) in [6.45, 7) is 0.959. The number of ether oxygens (including phenoxy) is 2. The van der Waals surface area contributed by atoms with E-state index in [9.17, 15) is 15.3 Å². The number of hydrogen-bond donors (Lipinski definition) is 4. The summed E-state index contributed by atoms with van der Waals surface area (Å²) in [5.74, 6) is -1.10. The van der Waals surface area contributed by atoms with Gasteiger partial charge in [0.1, 0.15) is 30.2 Å². The molecular weight excluding hydrogens is 252 g/mol. The molecule has 1 aliphatic heterocycles. The van der Waals surface area contributed by atoms with Gasteiger partial charge < -0.3 is 29.9 Å². The standard InChI is InChI=1S/C13H18O6/c1-13(18-8-5-3-2-4-6-8)12(17)11(16)10(15)9(7-14)19-13/h2-6,9-12,14-17H,7H2,1H3/t9-,10+,11+,12-,13-/m1/s1. The Bertz CT molecular complexity index is 409. The zero-order valence-corrected chi connectivity index (χ0v) is 10.5. The molecule has 5 atom stereocenters. The number of rotatable bonds is 3. The van der Waals surface area contributed by atoms with E-state index in [1.807, 2.05) is 6.07 Å². The molecule has 1 aliphatic rings. The summed E-state index contributed by atoms with van der Waals surface area (Å²) < 4.78 is 10.9. The van der Waals surface area contributed by atoms with Crippen molar-refractivity contribution in [1.82, 2.24) is 0 Å². The summed E-state index contributed by atoms with van der Waals surface area (Å²) in [6, 6.07) is 8.66. The van der Waals surface area contributed by atoms with Crippen LogP contribution in [0.4, 0.5) is 0 Å². The fourth-order valence-electron chi connectivity index (χ4n) is 2.11. The van der Waals surface area contributed by atoms with Crippen LogP contribution in [0.3, 0.4) is 0 Å². The van der Waals surface area contributed by atoms with Gasteiger partial charge in [0.05, 0.1) is 6.61 Å². The Morgan fingerprint density at radius 2 is 1.79 bits per heavy atom. The molecule has 0 aromatic heterocycles. The predicted octanol–water partition coefficient (Wildman–Crippen LogP) is -0.745. The maximum Gasteiger partial charge on any atom is 0.236 e. The van der Waals surface area contributed by atoms with Crippen molar-refractivity contribution in [3.63, 3.8) is 0 Å². The van der Waals surface area contributed by atoms with E-state index in [-0.39, 0.29) is 0 Å². The largest absolute Gasteiger partial charge is 0.460 e. The Balaban J connectivity index is 2.21. The average molecular weight is 270 g/mol. The van der Waals surface area contributed by atoms with E-state index in [0.717, 1.165) is 0 Å². The summed E-state index contributed by atoms with van der Waals surface area (Å²) in [5, 5.41) is 38.6. The second-order valence-electron chi connectivity index (χ2n) is 4.70. The minimum absolute atomic E-state index is 0.448. The van der Waals surface area contributed by atoms with Gasteiger partial charge in [-0.3, -0.25) is 0 Å². The summed E-state index contributed by atoms with van der Waals surface area (Å²) >= 11 is 0. The molecule has 0 radical (unpaired) electrons. The highest BCUT2D eigenvalue weighted by Crippen LogP contribution is 2.32. The lowest BCUT2D eigenvalue weighted by atomic mass is 9.93. The predicted molar refractivity (Wildman–Crippen MR) is 65.5 cm³/mol. The molecule has 106 valence electrons.